The van der Waals surface area contributed by atoms with Gasteiger partial charge >= 0.3 is 0 Å². The molecule has 0 bridgehead atoms. The predicted molar refractivity (Wildman–Crippen MR) is 113 cm³/mol. The number of nitrogens with zero attached hydrogens (tertiary/aromatic N) is 2. The fourth-order valence-corrected chi connectivity index (χ4v) is 4.18. The third-order valence-electron chi connectivity index (χ3n) is 4.44. The molecule has 142 valence electrons. The number of aromatic nitrogens is 2. The van der Waals surface area contributed by atoms with E-state index in [0.717, 1.165) is 15.9 Å². The quantitative estimate of drug-likeness (QED) is 0.497. The van der Waals surface area contributed by atoms with Gasteiger partial charge < -0.3 is 10.1 Å². The summed E-state index contributed by atoms with van der Waals surface area (Å²) in [5.41, 5.74) is 2.78. The summed E-state index contributed by atoms with van der Waals surface area (Å²) in [4.78, 5) is 14.5. The van der Waals surface area contributed by atoms with Gasteiger partial charge in [-0.3, -0.25) is 9.48 Å². The zero-order valence-electron chi connectivity index (χ0n) is 15.8. The number of nitrogens with one attached hydrogen (secondary N) is 1. The number of benzene rings is 2. The molecule has 0 aliphatic rings. The third-order valence-corrected chi connectivity index (χ3v) is 5.59. The molecule has 2 aromatic heterocycles. The van der Waals surface area contributed by atoms with Crippen LogP contribution in [0.3, 0.4) is 0 Å². The average Bonchev–Trinajstić information content (AvgIpc) is 3.26. The van der Waals surface area contributed by atoms with E-state index in [1.165, 1.54) is 16.9 Å². The van der Waals surface area contributed by atoms with E-state index in [2.05, 4.69) is 22.5 Å². The Morgan fingerprint density at radius 1 is 1.14 bits per heavy atom. The number of anilines is 1. The van der Waals surface area contributed by atoms with Crippen molar-refractivity contribution in [2.75, 3.05) is 11.9 Å². The maximum absolute atomic E-state index is 12.8. The molecule has 1 N–H and O–H groups in total. The molecule has 0 atom stereocenters. The third kappa shape index (κ3) is 3.64. The van der Waals surface area contributed by atoms with Gasteiger partial charge in [0.05, 0.1) is 29.4 Å². The van der Waals surface area contributed by atoms with Crippen molar-refractivity contribution in [2.24, 2.45) is 0 Å². The first kappa shape index (κ1) is 18.3. The van der Waals surface area contributed by atoms with Gasteiger partial charge in [0.1, 0.15) is 10.6 Å². The van der Waals surface area contributed by atoms with Crippen molar-refractivity contribution in [3.63, 3.8) is 0 Å². The van der Waals surface area contributed by atoms with E-state index < -0.39 is 0 Å². The minimum absolute atomic E-state index is 0.140. The van der Waals surface area contributed by atoms with E-state index >= 15 is 0 Å². The van der Waals surface area contributed by atoms with E-state index in [0.29, 0.717) is 29.5 Å². The average molecular weight is 391 g/mol. The van der Waals surface area contributed by atoms with Gasteiger partial charge in [-0.2, -0.15) is 5.10 Å². The Kier molecular flexibility index (Phi) is 5.12. The number of thiophene rings is 1. The van der Waals surface area contributed by atoms with Gasteiger partial charge in [-0.05, 0) is 37.6 Å². The van der Waals surface area contributed by atoms with Crippen LogP contribution in [-0.2, 0) is 6.54 Å². The molecular weight excluding hydrogens is 370 g/mol. The summed E-state index contributed by atoms with van der Waals surface area (Å²) in [6.45, 7) is 5.12. The van der Waals surface area contributed by atoms with Crippen LogP contribution in [0.1, 0.15) is 27.9 Å². The molecule has 0 aliphatic heterocycles. The summed E-state index contributed by atoms with van der Waals surface area (Å²) in [6, 6.07) is 19.6. The molecule has 0 saturated carbocycles. The molecule has 0 aliphatic carbocycles. The van der Waals surface area contributed by atoms with Crippen LogP contribution in [0.4, 0.5) is 5.69 Å². The highest BCUT2D eigenvalue weighted by Gasteiger charge is 2.17. The van der Waals surface area contributed by atoms with Gasteiger partial charge in [0.15, 0.2) is 0 Å². The number of hydrogen-bond acceptors (Lipinski definition) is 4. The van der Waals surface area contributed by atoms with Gasteiger partial charge in [0, 0.05) is 5.39 Å². The van der Waals surface area contributed by atoms with Crippen LogP contribution >= 0.6 is 11.3 Å². The summed E-state index contributed by atoms with van der Waals surface area (Å²) >= 11 is 1.46. The van der Waals surface area contributed by atoms with E-state index in [1.807, 2.05) is 67.1 Å². The van der Waals surface area contributed by atoms with Gasteiger partial charge in [0.25, 0.3) is 5.91 Å². The maximum atomic E-state index is 12.8. The Morgan fingerprint density at radius 2 is 1.89 bits per heavy atom. The number of para-hydroxylation sites is 2. The lowest BCUT2D eigenvalue weighted by molar-refractivity contribution is 0.103. The van der Waals surface area contributed by atoms with E-state index in [9.17, 15) is 4.79 Å². The summed E-state index contributed by atoms with van der Waals surface area (Å²) in [7, 11) is 0. The Bertz CT molecular complexity index is 1120. The lowest BCUT2D eigenvalue weighted by atomic mass is 10.2. The van der Waals surface area contributed by atoms with Crippen molar-refractivity contribution in [1.82, 2.24) is 9.78 Å². The molecule has 0 fully saturated rings. The number of hydrogen-bond donors (Lipinski definition) is 1. The minimum Gasteiger partial charge on any atom is -0.492 e. The number of rotatable bonds is 6. The van der Waals surface area contributed by atoms with E-state index in [-0.39, 0.29) is 5.91 Å². The molecule has 2 heterocycles. The highest BCUT2D eigenvalue weighted by atomic mass is 32.1. The van der Waals surface area contributed by atoms with Crippen LogP contribution in [-0.4, -0.2) is 22.3 Å². The maximum Gasteiger partial charge on any atom is 0.265 e. The van der Waals surface area contributed by atoms with Gasteiger partial charge in [-0.15, -0.1) is 11.3 Å². The molecular formula is C22H21N3O2S. The Labute approximate surface area is 167 Å². The molecule has 4 rings (SSSR count). The Morgan fingerprint density at radius 3 is 2.68 bits per heavy atom. The summed E-state index contributed by atoms with van der Waals surface area (Å²) in [5.74, 6) is 0.532. The smallest absolute Gasteiger partial charge is 0.265 e. The van der Waals surface area contributed by atoms with Crippen LogP contribution in [0, 0.1) is 6.92 Å². The molecule has 1 amide bonds. The number of carbonyl (C=O) groups is 1. The molecule has 6 heteroatoms. The van der Waals surface area contributed by atoms with Crippen LogP contribution in [0.5, 0.6) is 5.75 Å². The number of amides is 1. The zero-order valence-corrected chi connectivity index (χ0v) is 16.6. The van der Waals surface area contributed by atoms with Crippen LogP contribution in [0.15, 0.2) is 60.7 Å². The van der Waals surface area contributed by atoms with Crippen molar-refractivity contribution in [3.05, 3.63) is 76.8 Å². The van der Waals surface area contributed by atoms with Crippen LogP contribution in [0.25, 0.3) is 10.2 Å². The molecule has 28 heavy (non-hydrogen) atoms. The minimum atomic E-state index is -0.140. The SMILES string of the molecule is CCOc1ccccc1NC(=O)c1cc2c(C)nn(Cc3ccccc3)c2s1. The second-order valence-electron chi connectivity index (χ2n) is 6.44. The Hall–Kier alpha value is -3.12. The van der Waals surface area contributed by atoms with Crippen molar-refractivity contribution < 1.29 is 9.53 Å². The topological polar surface area (TPSA) is 56.1 Å². The van der Waals surface area contributed by atoms with Crippen molar-refractivity contribution in [1.29, 1.82) is 0 Å². The van der Waals surface area contributed by atoms with Crippen molar-refractivity contribution >= 4 is 33.1 Å². The van der Waals surface area contributed by atoms with Gasteiger partial charge in [-0.1, -0.05) is 42.5 Å². The second kappa shape index (κ2) is 7.86. The fraction of sp³-hybridized carbons (Fsp3) is 0.182. The lowest BCUT2D eigenvalue weighted by Gasteiger charge is -2.10. The summed E-state index contributed by atoms with van der Waals surface area (Å²) in [5, 5.41) is 8.63. The largest absolute Gasteiger partial charge is 0.492 e. The van der Waals surface area contributed by atoms with Crippen molar-refractivity contribution in [3.8, 4) is 5.75 Å². The number of aryl methyl sites for hydroxylation is 1. The lowest BCUT2D eigenvalue weighted by Crippen LogP contribution is -2.11. The highest BCUT2D eigenvalue weighted by molar-refractivity contribution is 7.20. The molecule has 4 aromatic rings. The summed E-state index contributed by atoms with van der Waals surface area (Å²) in [6.07, 6.45) is 0. The molecule has 0 spiro atoms. The summed E-state index contributed by atoms with van der Waals surface area (Å²) < 4.78 is 7.56. The molecule has 2 aromatic carbocycles. The fourth-order valence-electron chi connectivity index (χ4n) is 3.12. The number of carbonyl (C=O) groups excluding carboxylic acids is 1. The van der Waals surface area contributed by atoms with Gasteiger partial charge in [0.2, 0.25) is 0 Å². The monoisotopic (exact) mass is 391 g/mol. The molecule has 5 nitrogen and oxygen atoms in total. The first-order valence-corrected chi connectivity index (χ1v) is 10.0. The van der Waals surface area contributed by atoms with Crippen LogP contribution in [0.2, 0.25) is 0 Å². The first-order valence-electron chi connectivity index (χ1n) is 9.19. The van der Waals surface area contributed by atoms with Crippen LogP contribution < -0.4 is 10.1 Å². The molecule has 0 unspecified atom stereocenters. The standard InChI is InChI=1S/C22H21N3O2S/c1-3-27-19-12-8-7-11-18(19)23-21(26)20-13-17-15(2)24-25(22(17)28-20)14-16-9-5-4-6-10-16/h4-13H,3,14H2,1-2H3,(H,23,26). The van der Waals surface area contributed by atoms with Crippen molar-refractivity contribution in [2.45, 2.75) is 20.4 Å². The molecule has 0 saturated heterocycles. The Balaban J connectivity index is 1.61. The van der Waals surface area contributed by atoms with Gasteiger partial charge in [-0.25, -0.2) is 0 Å². The second-order valence-corrected chi connectivity index (χ2v) is 7.47. The molecule has 0 radical (unpaired) electrons. The van der Waals surface area contributed by atoms with E-state index in [4.69, 9.17) is 4.74 Å². The highest BCUT2D eigenvalue weighted by Crippen LogP contribution is 2.30. The predicted octanol–water partition coefficient (Wildman–Crippen LogP) is 5.11. The number of ether oxygens (including phenoxy) is 1. The normalized spacial score (nSPS) is 10.9. The first-order chi connectivity index (χ1) is 13.7. The zero-order chi connectivity index (χ0) is 19.5. The van der Waals surface area contributed by atoms with E-state index in [1.54, 1.807) is 0 Å². The number of fused-ring (bicyclic) bond motifs is 1.